The lowest BCUT2D eigenvalue weighted by molar-refractivity contribution is -0.139. The number of rotatable bonds is 4. The van der Waals surface area contributed by atoms with Crippen LogP contribution in [0.1, 0.15) is 10.6 Å². The summed E-state index contributed by atoms with van der Waals surface area (Å²) in [5.74, 6) is -0.224. The van der Waals surface area contributed by atoms with E-state index in [4.69, 9.17) is 0 Å². The first kappa shape index (κ1) is 13.1. The Morgan fingerprint density at radius 1 is 1.39 bits per heavy atom. The van der Waals surface area contributed by atoms with Crippen molar-refractivity contribution in [1.82, 2.24) is 4.98 Å². The van der Waals surface area contributed by atoms with E-state index in [1.165, 1.54) is 7.11 Å². The summed E-state index contributed by atoms with van der Waals surface area (Å²) < 4.78 is 5.63. The monoisotopic (exact) mass is 279 g/mol. The standard InChI is InChI=1S/C13H13NO2S2/c1-9-11(8-12(15)16-2)18-13(14-9)17-10-6-4-3-5-7-10/h3-7H,8H2,1-2H3. The number of carbonyl (C=O) groups is 1. The molecule has 18 heavy (non-hydrogen) atoms. The topological polar surface area (TPSA) is 39.2 Å². The van der Waals surface area contributed by atoms with Crippen LogP contribution in [0.4, 0.5) is 0 Å². The zero-order chi connectivity index (χ0) is 13.0. The molecule has 0 bridgehead atoms. The molecule has 0 aliphatic heterocycles. The van der Waals surface area contributed by atoms with Crippen LogP contribution in [-0.2, 0) is 16.0 Å². The van der Waals surface area contributed by atoms with Crippen molar-refractivity contribution >= 4 is 29.1 Å². The van der Waals surface area contributed by atoms with Crippen molar-refractivity contribution in [3.63, 3.8) is 0 Å². The molecule has 3 nitrogen and oxygen atoms in total. The Morgan fingerprint density at radius 2 is 2.11 bits per heavy atom. The Balaban J connectivity index is 2.11. The third-order valence-corrected chi connectivity index (χ3v) is 4.58. The Morgan fingerprint density at radius 3 is 2.78 bits per heavy atom. The second-order valence-corrected chi connectivity index (χ2v) is 6.06. The van der Waals surface area contributed by atoms with E-state index in [1.807, 2.05) is 37.3 Å². The minimum absolute atomic E-state index is 0.224. The minimum Gasteiger partial charge on any atom is -0.469 e. The summed E-state index contributed by atoms with van der Waals surface area (Å²) in [4.78, 5) is 17.8. The summed E-state index contributed by atoms with van der Waals surface area (Å²) in [6, 6.07) is 10.1. The van der Waals surface area contributed by atoms with E-state index in [1.54, 1.807) is 23.1 Å². The summed E-state index contributed by atoms with van der Waals surface area (Å²) in [5.41, 5.74) is 0.906. The maximum atomic E-state index is 11.3. The number of carbonyl (C=O) groups excluding carboxylic acids is 1. The third-order valence-electron chi connectivity index (χ3n) is 2.35. The molecule has 5 heteroatoms. The number of hydrogen-bond acceptors (Lipinski definition) is 5. The van der Waals surface area contributed by atoms with Crippen molar-refractivity contribution in [2.45, 2.75) is 22.6 Å². The van der Waals surface area contributed by atoms with Gasteiger partial charge in [-0.15, -0.1) is 11.3 Å². The number of hydrogen-bond donors (Lipinski definition) is 0. The number of thiazole rings is 1. The van der Waals surface area contributed by atoms with E-state index >= 15 is 0 Å². The molecular formula is C13H13NO2S2. The zero-order valence-electron chi connectivity index (χ0n) is 10.2. The van der Waals surface area contributed by atoms with Gasteiger partial charge in [0.1, 0.15) is 0 Å². The highest BCUT2D eigenvalue weighted by molar-refractivity contribution is 8.01. The highest BCUT2D eigenvalue weighted by atomic mass is 32.2. The molecule has 94 valence electrons. The van der Waals surface area contributed by atoms with Gasteiger partial charge in [-0.1, -0.05) is 30.0 Å². The van der Waals surface area contributed by atoms with Crippen molar-refractivity contribution in [3.05, 3.63) is 40.9 Å². The molecule has 0 amide bonds. The lowest BCUT2D eigenvalue weighted by atomic mass is 10.3. The lowest BCUT2D eigenvalue weighted by Crippen LogP contribution is -2.03. The molecule has 2 aromatic rings. The molecular weight excluding hydrogens is 266 g/mol. The largest absolute Gasteiger partial charge is 0.469 e. The number of benzene rings is 1. The predicted octanol–water partition coefficient (Wildman–Crippen LogP) is 3.32. The number of ether oxygens (including phenoxy) is 1. The molecule has 0 spiro atoms. The average Bonchev–Trinajstić information content (AvgIpc) is 2.70. The molecule has 1 heterocycles. The van der Waals surface area contributed by atoms with Gasteiger partial charge in [0.2, 0.25) is 0 Å². The molecule has 0 N–H and O–H groups in total. The fourth-order valence-corrected chi connectivity index (χ4v) is 3.61. The maximum Gasteiger partial charge on any atom is 0.310 e. The highest BCUT2D eigenvalue weighted by Gasteiger charge is 2.12. The molecule has 0 aliphatic carbocycles. The highest BCUT2D eigenvalue weighted by Crippen LogP contribution is 2.32. The summed E-state index contributed by atoms with van der Waals surface area (Å²) in [5, 5.41) is 0. The van der Waals surface area contributed by atoms with Crippen molar-refractivity contribution in [1.29, 1.82) is 0 Å². The molecule has 0 fully saturated rings. The summed E-state index contributed by atoms with van der Waals surface area (Å²) in [6.07, 6.45) is 0.301. The Hall–Kier alpha value is -1.33. The maximum absolute atomic E-state index is 11.3. The number of aromatic nitrogens is 1. The fraction of sp³-hybridized carbons (Fsp3) is 0.231. The van der Waals surface area contributed by atoms with Crippen molar-refractivity contribution in [3.8, 4) is 0 Å². The molecule has 1 aromatic carbocycles. The van der Waals surface area contributed by atoms with Crippen LogP contribution in [0.25, 0.3) is 0 Å². The number of esters is 1. The molecule has 0 saturated heterocycles. The first-order chi connectivity index (χ1) is 8.69. The van der Waals surface area contributed by atoms with E-state index in [0.29, 0.717) is 6.42 Å². The van der Waals surface area contributed by atoms with Gasteiger partial charge in [-0.25, -0.2) is 4.98 Å². The van der Waals surface area contributed by atoms with Gasteiger partial charge in [-0.05, 0) is 19.1 Å². The van der Waals surface area contributed by atoms with E-state index in [2.05, 4.69) is 9.72 Å². The molecule has 2 rings (SSSR count). The Labute approximate surface area is 114 Å². The smallest absolute Gasteiger partial charge is 0.310 e. The molecule has 0 saturated carbocycles. The van der Waals surface area contributed by atoms with Gasteiger partial charge < -0.3 is 4.74 Å². The lowest BCUT2D eigenvalue weighted by Gasteiger charge is -1.96. The van der Waals surface area contributed by atoms with Crippen LogP contribution < -0.4 is 0 Å². The zero-order valence-corrected chi connectivity index (χ0v) is 11.8. The molecule has 0 unspecified atom stereocenters. The molecule has 0 aliphatic rings. The SMILES string of the molecule is COC(=O)Cc1sc(Sc2ccccc2)nc1C. The van der Waals surface area contributed by atoms with Crippen LogP contribution in [0, 0.1) is 6.92 Å². The van der Waals surface area contributed by atoms with E-state index in [0.717, 1.165) is 19.8 Å². The molecule has 0 radical (unpaired) electrons. The van der Waals surface area contributed by atoms with E-state index in [-0.39, 0.29) is 5.97 Å². The molecule has 1 aromatic heterocycles. The Kier molecular flexibility index (Phi) is 4.38. The van der Waals surface area contributed by atoms with Crippen molar-refractivity contribution in [2.24, 2.45) is 0 Å². The number of nitrogens with zero attached hydrogens (tertiary/aromatic N) is 1. The third kappa shape index (κ3) is 3.34. The van der Waals surface area contributed by atoms with Gasteiger partial charge in [0.25, 0.3) is 0 Å². The summed E-state index contributed by atoms with van der Waals surface area (Å²) in [6.45, 7) is 1.92. The van der Waals surface area contributed by atoms with Crippen molar-refractivity contribution < 1.29 is 9.53 Å². The van der Waals surface area contributed by atoms with Gasteiger partial charge in [0, 0.05) is 9.77 Å². The first-order valence-corrected chi connectivity index (χ1v) is 7.08. The fourth-order valence-electron chi connectivity index (χ4n) is 1.40. The van der Waals surface area contributed by atoms with Gasteiger partial charge in [-0.2, -0.15) is 0 Å². The summed E-state index contributed by atoms with van der Waals surface area (Å²) in [7, 11) is 1.40. The van der Waals surface area contributed by atoms with Gasteiger partial charge in [-0.3, -0.25) is 4.79 Å². The van der Waals surface area contributed by atoms with Crippen LogP contribution in [-0.4, -0.2) is 18.1 Å². The first-order valence-electron chi connectivity index (χ1n) is 5.45. The van der Waals surface area contributed by atoms with E-state index < -0.39 is 0 Å². The normalized spacial score (nSPS) is 10.3. The predicted molar refractivity (Wildman–Crippen MR) is 73.1 cm³/mol. The number of aryl methyl sites for hydroxylation is 1. The van der Waals surface area contributed by atoms with Crippen LogP contribution in [0.15, 0.2) is 39.6 Å². The van der Waals surface area contributed by atoms with Crippen LogP contribution in [0.5, 0.6) is 0 Å². The molecule has 0 atom stereocenters. The van der Waals surface area contributed by atoms with Crippen LogP contribution in [0.2, 0.25) is 0 Å². The number of methoxy groups -OCH3 is 1. The van der Waals surface area contributed by atoms with Crippen LogP contribution in [0.3, 0.4) is 0 Å². The Bertz CT molecular complexity index is 537. The second-order valence-electron chi connectivity index (χ2n) is 3.66. The van der Waals surface area contributed by atoms with Gasteiger partial charge >= 0.3 is 5.97 Å². The average molecular weight is 279 g/mol. The van der Waals surface area contributed by atoms with Gasteiger partial charge in [0.05, 0.1) is 19.2 Å². The summed E-state index contributed by atoms with van der Waals surface area (Å²) >= 11 is 3.16. The van der Waals surface area contributed by atoms with Crippen LogP contribution >= 0.6 is 23.1 Å². The van der Waals surface area contributed by atoms with E-state index in [9.17, 15) is 4.79 Å². The quantitative estimate of drug-likeness (QED) is 0.805. The van der Waals surface area contributed by atoms with Gasteiger partial charge in [0.15, 0.2) is 4.34 Å². The second kappa shape index (κ2) is 6.02. The van der Waals surface area contributed by atoms with Crippen molar-refractivity contribution in [2.75, 3.05) is 7.11 Å². The minimum atomic E-state index is -0.224.